The number of anilines is 1. The van der Waals surface area contributed by atoms with Crippen molar-refractivity contribution in [2.24, 2.45) is 5.73 Å². The Hall–Kier alpha value is -1.35. The normalized spacial score (nSPS) is 20.0. The van der Waals surface area contributed by atoms with Gasteiger partial charge in [-0.2, -0.15) is 0 Å². The van der Waals surface area contributed by atoms with Gasteiger partial charge < -0.3 is 11.1 Å². The molecule has 0 fully saturated rings. The van der Waals surface area contributed by atoms with Crippen LogP contribution in [0.1, 0.15) is 43.4 Å². The standard InChI is InChI=1S/C12H16N2O/c1-7(2)8-3-4-9-10(13)6-12(15)14-11(9)5-8/h3-5,7,10H,6,13H2,1-2H3,(H,14,15). The molecule has 1 unspecified atom stereocenters. The van der Waals surface area contributed by atoms with E-state index >= 15 is 0 Å². The van der Waals surface area contributed by atoms with Gasteiger partial charge in [-0.1, -0.05) is 26.0 Å². The minimum absolute atomic E-state index is 0.0101. The molecule has 1 aromatic rings. The number of carbonyl (C=O) groups is 1. The largest absolute Gasteiger partial charge is 0.326 e. The Kier molecular flexibility index (Phi) is 2.49. The summed E-state index contributed by atoms with van der Waals surface area (Å²) >= 11 is 0. The van der Waals surface area contributed by atoms with Gasteiger partial charge in [0.25, 0.3) is 0 Å². The van der Waals surface area contributed by atoms with Crippen LogP contribution in [0.5, 0.6) is 0 Å². The van der Waals surface area contributed by atoms with E-state index in [9.17, 15) is 4.79 Å². The summed E-state index contributed by atoms with van der Waals surface area (Å²) in [5, 5.41) is 2.87. The third-order valence-corrected chi connectivity index (χ3v) is 2.82. The van der Waals surface area contributed by atoms with Gasteiger partial charge in [0, 0.05) is 18.2 Å². The highest BCUT2D eigenvalue weighted by atomic mass is 16.1. The summed E-state index contributed by atoms with van der Waals surface area (Å²) in [6.07, 6.45) is 0.383. The van der Waals surface area contributed by atoms with Crippen LogP contribution in [0, 0.1) is 0 Å². The lowest BCUT2D eigenvalue weighted by Gasteiger charge is -2.23. The molecule has 80 valence electrons. The van der Waals surface area contributed by atoms with Gasteiger partial charge in [0.15, 0.2) is 0 Å². The van der Waals surface area contributed by atoms with Gasteiger partial charge in [-0.25, -0.2) is 0 Å². The maximum Gasteiger partial charge on any atom is 0.226 e. The van der Waals surface area contributed by atoms with E-state index < -0.39 is 0 Å². The first-order valence-corrected chi connectivity index (χ1v) is 5.27. The van der Waals surface area contributed by atoms with E-state index in [-0.39, 0.29) is 11.9 Å². The summed E-state index contributed by atoms with van der Waals surface area (Å²) in [4.78, 5) is 11.3. The van der Waals surface area contributed by atoms with Crippen molar-refractivity contribution in [2.75, 3.05) is 5.32 Å². The van der Waals surface area contributed by atoms with Crippen LogP contribution in [0.25, 0.3) is 0 Å². The lowest BCUT2D eigenvalue weighted by molar-refractivity contribution is -0.116. The Bertz CT molecular complexity index is 399. The molecule has 1 heterocycles. The van der Waals surface area contributed by atoms with E-state index in [1.165, 1.54) is 5.56 Å². The Morgan fingerprint density at radius 1 is 1.47 bits per heavy atom. The number of fused-ring (bicyclic) bond motifs is 1. The number of rotatable bonds is 1. The molecule has 0 radical (unpaired) electrons. The second kappa shape index (κ2) is 3.66. The van der Waals surface area contributed by atoms with Gasteiger partial charge in [-0.05, 0) is 23.1 Å². The fourth-order valence-corrected chi connectivity index (χ4v) is 1.88. The quantitative estimate of drug-likeness (QED) is 0.736. The first-order chi connectivity index (χ1) is 7.08. The third kappa shape index (κ3) is 1.88. The molecule has 3 N–H and O–H groups in total. The Morgan fingerprint density at radius 2 is 2.20 bits per heavy atom. The molecule has 1 aromatic carbocycles. The highest BCUT2D eigenvalue weighted by molar-refractivity contribution is 5.94. The lowest BCUT2D eigenvalue weighted by Crippen LogP contribution is -2.27. The predicted molar refractivity (Wildman–Crippen MR) is 60.7 cm³/mol. The summed E-state index contributed by atoms with van der Waals surface area (Å²) < 4.78 is 0. The number of hydrogen-bond donors (Lipinski definition) is 2. The highest BCUT2D eigenvalue weighted by Crippen LogP contribution is 2.31. The molecule has 3 nitrogen and oxygen atoms in total. The molecule has 1 atom stereocenters. The highest BCUT2D eigenvalue weighted by Gasteiger charge is 2.22. The van der Waals surface area contributed by atoms with Gasteiger partial charge >= 0.3 is 0 Å². The number of nitrogens with two attached hydrogens (primary N) is 1. The van der Waals surface area contributed by atoms with Gasteiger partial charge in [0.1, 0.15) is 0 Å². The molecule has 0 saturated carbocycles. The topological polar surface area (TPSA) is 55.1 Å². The number of amides is 1. The summed E-state index contributed by atoms with van der Waals surface area (Å²) in [5.74, 6) is 0.473. The molecule has 1 aliphatic rings. The van der Waals surface area contributed by atoms with Gasteiger partial charge in [0.05, 0.1) is 0 Å². The average molecular weight is 204 g/mol. The molecule has 2 rings (SSSR count). The molecule has 15 heavy (non-hydrogen) atoms. The van der Waals surface area contributed by atoms with E-state index in [0.717, 1.165) is 11.3 Å². The zero-order valence-corrected chi connectivity index (χ0v) is 9.08. The third-order valence-electron chi connectivity index (χ3n) is 2.82. The molecule has 0 aromatic heterocycles. The van der Waals surface area contributed by atoms with Crippen LogP contribution in [0.4, 0.5) is 5.69 Å². The fourth-order valence-electron chi connectivity index (χ4n) is 1.88. The molecule has 1 amide bonds. The Balaban J connectivity index is 2.43. The molecule has 0 spiro atoms. The van der Waals surface area contributed by atoms with Crippen LogP contribution in [0.15, 0.2) is 18.2 Å². The van der Waals surface area contributed by atoms with Crippen molar-refractivity contribution < 1.29 is 4.79 Å². The summed E-state index contributed by atoms with van der Waals surface area (Å²) in [6.45, 7) is 4.26. The minimum atomic E-state index is -0.157. The smallest absolute Gasteiger partial charge is 0.226 e. The van der Waals surface area contributed by atoms with Crippen molar-refractivity contribution in [2.45, 2.75) is 32.2 Å². The Morgan fingerprint density at radius 3 is 2.87 bits per heavy atom. The van der Waals surface area contributed by atoms with E-state index in [0.29, 0.717) is 12.3 Å². The zero-order valence-electron chi connectivity index (χ0n) is 9.08. The number of hydrogen-bond acceptors (Lipinski definition) is 2. The molecule has 3 heteroatoms. The van der Waals surface area contributed by atoms with Crippen LogP contribution in [0.2, 0.25) is 0 Å². The van der Waals surface area contributed by atoms with Crippen LogP contribution in [0.3, 0.4) is 0 Å². The molecule has 0 bridgehead atoms. The second-order valence-electron chi connectivity index (χ2n) is 4.36. The average Bonchev–Trinajstić information content (AvgIpc) is 2.16. The van der Waals surface area contributed by atoms with E-state index in [4.69, 9.17) is 5.73 Å². The number of nitrogens with one attached hydrogen (secondary N) is 1. The molecule has 1 aliphatic heterocycles. The van der Waals surface area contributed by atoms with Crippen molar-refractivity contribution in [3.63, 3.8) is 0 Å². The minimum Gasteiger partial charge on any atom is -0.326 e. The van der Waals surface area contributed by atoms with Gasteiger partial charge in [-0.15, -0.1) is 0 Å². The summed E-state index contributed by atoms with van der Waals surface area (Å²) in [5.41, 5.74) is 9.05. The maximum absolute atomic E-state index is 11.3. The molecular formula is C12H16N2O. The van der Waals surface area contributed by atoms with Crippen molar-refractivity contribution in [3.8, 4) is 0 Å². The van der Waals surface area contributed by atoms with Crippen LogP contribution in [-0.2, 0) is 4.79 Å². The van der Waals surface area contributed by atoms with Gasteiger partial charge in [0.2, 0.25) is 5.91 Å². The second-order valence-corrected chi connectivity index (χ2v) is 4.36. The monoisotopic (exact) mass is 204 g/mol. The summed E-state index contributed by atoms with van der Waals surface area (Å²) in [6, 6.07) is 5.97. The lowest BCUT2D eigenvalue weighted by atomic mass is 9.93. The SMILES string of the molecule is CC(C)c1ccc2c(c1)NC(=O)CC2N. The van der Waals surface area contributed by atoms with Crippen LogP contribution in [-0.4, -0.2) is 5.91 Å². The van der Waals surface area contributed by atoms with Crippen molar-refractivity contribution in [1.82, 2.24) is 0 Å². The first kappa shape index (κ1) is 10.2. The maximum atomic E-state index is 11.3. The molecular weight excluding hydrogens is 188 g/mol. The van der Waals surface area contributed by atoms with E-state index in [1.807, 2.05) is 12.1 Å². The van der Waals surface area contributed by atoms with Crippen LogP contribution >= 0.6 is 0 Å². The molecule has 0 aliphatic carbocycles. The Labute approximate surface area is 89.7 Å². The van der Waals surface area contributed by atoms with E-state index in [1.54, 1.807) is 0 Å². The van der Waals surface area contributed by atoms with Crippen molar-refractivity contribution >= 4 is 11.6 Å². The zero-order chi connectivity index (χ0) is 11.0. The summed E-state index contributed by atoms with van der Waals surface area (Å²) in [7, 11) is 0. The fraction of sp³-hybridized carbons (Fsp3) is 0.417. The van der Waals surface area contributed by atoms with Crippen LogP contribution < -0.4 is 11.1 Å². The van der Waals surface area contributed by atoms with E-state index in [2.05, 4.69) is 25.2 Å². The molecule has 0 saturated heterocycles. The number of benzene rings is 1. The van der Waals surface area contributed by atoms with Gasteiger partial charge in [-0.3, -0.25) is 4.79 Å². The predicted octanol–water partition coefficient (Wildman–Crippen LogP) is 2.15. The van der Waals surface area contributed by atoms with Crippen molar-refractivity contribution in [1.29, 1.82) is 0 Å². The van der Waals surface area contributed by atoms with Crippen molar-refractivity contribution in [3.05, 3.63) is 29.3 Å². The first-order valence-electron chi connectivity index (χ1n) is 5.27. The number of carbonyl (C=O) groups excluding carboxylic acids is 1.